The van der Waals surface area contributed by atoms with Crippen LogP contribution in [0.15, 0.2) is 0 Å². The first kappa shape index (κ1) is 22.4. The van der Waals surface area contributed by atoms with E-state index in [1.54, 1.807) is 0 Å². The molecule has 0 spiro atoms. The van der Waals surface area contributed by atoms with Crippen LogP contribution in [0.4, 0.5) is 0 Å². The van der Waals surface area contributed by atoms with Crippen molar-refractivity contribution in [1.82, 2.24) is 10.6 Å². The fraction of sp³-hybridized carbons (Fsp3) is 0.947. The molecule has 0 fully saturated rings. The Balaban J connectivity index is 3.08. The molecule has 0 heterocycles. The number of rotatable bonds is 18. The minimum Gasteiger partial charge on any atom is -0.356 e. The Morgan fingerprint density at radius 1 is 0.739 bits per heavy atom. The summed E-state index contributed by atoms with van der Waals surface area (Å²) in [5.74, 6) is 0.151. The molecule has 0 aromatic rings. The van der Waals surface area contributed by atoms with E-state index >= 15 is 0 Å². The Morgan fingerprint density at radius 3 is 1.78 bits per heavy atom. The molecule has 0 aromatic carbocycles. The molecule has 0 bridgehead atoms. The van der Waals surface area contributed by atoms with Crippen molar-refractivity contribution in [2.24, 2.45) is 5.73 Å². The summed E-state index contributed by atoms with van der Waals surface area (Å²) in [4.78, 5) is 11.5. The molecule has 4 heteroatoms. The van der Waals surface area contributed by atoms with Gasteiger partial charge in [0, 0.05) is 32.6 Å². The molecule has 4 nitrogen and oxygen atoms in total. The van der Waals surface area contributed by atoms with E-state index < -0.39 is 0 Å². The molecule has 0 aliphatic carbocycles. The van der Waals surface area contributed by atoms with E-state index in [0.717, 1.165) is 26.1 Å². The highest BCUT2D eigenvalue weighted by molar-refractivity contribution is 5.75. The molecule has 0 aliphatic rings. The van der Waals surface area contributed by atoms with E-state index in [4.69, 9.17) is 5.73 Å². The number of nitrogens with two attached hydrogens (primary N) is 1. The maximum atomic E-state index is 11.5. The van der Waals surface area contributed by atoms with Crippen molar-refractivity contribution in [3.8, 4) is 0 Å². The van der Waals surface area contributed by atoms with Gasteiger partial charge in [-0.2, -0.15) is 0 Å². The van der Waals surface area contributed by atoms with Gasteiger partial charge in [0.05, 0.1) is 0 Å². The fourth-order valence-electron chi connectivity index (χ4n) is 2.71. The van der Waals surface area contributed by atoms with Crippen LogP contribution in [0.25, 0.3) is 0 Å². The lowest BCUT2D eigenvalue weighted by Gasteiger charge is -2.06. The van der Waals surface area contributed by atoms with Gasteiger partial charge in [-0.3, -0.25) is 4.79 Å². The van der Waals surface area contributed by atoms with Gasteiger partial charge in [-0.25, -0.2) is 0 Å². The van der Waals surface area contributed by atoms with Crippen molar-refractivity contribution in [3.63, 3.8) is 0 Å². The minimum absolute atomic E-state index is 0.151. The summed E-state index contributed by atoms with van der Waals surface area (Å²) in [5, 5.41) is 6.11. The maximum Gasteiger partial charge on any atom is 0.221 e. The quantitative estimate of drug-likeness (QED) is 0.336. The Kier molecular flexibility index (Phi) is 18.9. The zero-order chi connectivity index (χ0) is 17.0. The molecule has 0 aliphatic heterocycles. The molecule has 0 saturated carbocycles. The van der Waals surface area contributed by atoms with Gasteiger partial charge in [-0.05, 0) is 6.42 Å². The number of carbonyl (C=O) groups is 1. The van der Waals surface area contributed by atoms with Crippen molar-refractivity contribution in [2.75, 3.05) is 26.2 Å². The van der Waals surface area contributed by atoms with E-state index in [0.29, 0.717) is 13.0 Å². The van der Waals surface area contributed by atoms with Gasteiger partial charge in [0.25, 0.3) is 0 Å². The summed E-state index contributed by atoms with van der Waals surface area (Å²) in [7, 11) is 0. The molecule has 4 N–H and O–H groups in total. The zero-order valence-electron chi connectivity index (χ0n) is 15.5. The van der Waals surface area contributed by atoms with Crippen LogP contribution in [0.3, 0.4) is 0 Å². The van der Waals surface area contributed by atoms with Gasteiger partial charge in [0.2, 0.25) is 5.91 Å². The minimum atomic E-state index is 0.151. The van der Waals surface area contributed by atoms with E-state index in [1.807, 2.05) is 0 Å². The SMILES string of the molecule is CCCCCCCCCCCCCCNC(=O)CCNCCN. The van der Waals surface area contributed by atoms with Crippen LogP contribution in [0.1, 0.15) is 90.4 Å². The second-order valence-electron chi connectivity index (χ2n) is 6.53. The molecule has 0 aromatic heterocycles. The molecule has 0 radical (unpaired) electrons. The predicted octanol–water partition coefficient (Wildman–Crippen LogP) is 3.74. The van der Waals surface area contributed by atoms with Crippen molar-refractivity contribution in [2.45, 2.75) is 90.4 Å². The monoisotopic (exact) mass is 327 g/mol. The van der Waals surface area contributed by atoms with Crippen LogP contribution in [0, 0.1) is 0 Å². The van der Waals surface area contributed by atoms with E-state index in [1.165, 1.54) is 70.6 Å². The summed E-state index contributed by atoms with van der Waals surface area (Å²) >= 11 is 0. The smallest absolute Gasteiger partial charge is 0.221 e. The zero-order valence-corrected chi connectivity index (χ0v) is 15.5. The third kappa shape index (κ3) is 19.3. The summed E-state index contributed by atoms with van der Waals surface area (Å²) in [5.41, 5.74) is 5.37. The summed E-state index contributed by atoms with van der Waals surface area (Å²) in [6.07, 6.45) is 16.8. The van der Waals surface area contributed by atoms with Gasteiger partial charge >= 0.3 is 0 Å². The summed E-state index contributed by atoms with van der Waals surface area (Å²) in [6.45, 7) is 5.23. The third-order valence-electron chi connectivity index (χ3n) is 4.20. The highest BCUT2D eigenvalue weighted by Crippen LogP contribution is 2.11. The number of carbonyl (C=O) groups excluding carboxylic acids is 1. The van der Waals surface area contributed by atoms with Crippen LogP contribution in [-0.2, 0) is 4.79 Å². The van der Waals surface area contributed by atoms with Crippen molar-refractivity contribution >= 4 is 5.91 Å². The number of amides is 1. The largest absolute Gasteiger partial charge is 0.356 e. The van der Waals surface area contributed by atoms with E-state index in [-0.39, 0.29) is 5.91 Å². The highest BCUT2D eigenvalue weighted by atomic mass is 16.1. The predicted molar refractivity (Wildman–Crippen MR) is 101 cm³/mol. The van der Waals surface area contributed by atoms with E-state index in [9.17, 15) is 4.79 Å². The molecule has 0 rings (SSSR count). The highest BCUT2D eigenvalue weighted by Gasteiger charge is 1.99. The lowest BCUT2D eigenvalue weighted by molar-refractivity contribution is -0.121. The number of hydrogen-bond donors (Lipinski definition) is 3. The third-order valence-corrected chi connectivity index (χ3v) is 4.20. The fourth-order valence-corrected chi connectivity index (χ4v) is 2.71. The van der Waals surface area contributed by atoms with Gasteiger partial charge in [0.1, 0.15) is 0 Å². The lowest BCUT2D eigenvalue weighted by atomic mass is 10.1. The van der Waals surface area contributed by atoms with E-state index in [2.05, 4.69) is 17.6 Å². The number of unbranched alkanes of at least 4 members (excludes halogenated alkanes) is 11. The van der Waals surface area contributed by atoms with Crippen molar-refractivity contribution < 1.29 is 4.79 Å². The normalized spacial score (nSPS) is 10.9. The topological polar surface area (TPSA) is 67.2 Å². The van der Waals surface area contributed by atoms with Gasteiger partial charge < -0.3 is 16.4 Å². The van der Waals surface area contributed by atoms with Crippen molar-refractivity contribution in [1.29, 1.82) is 0 Å². The van der Waals surface area contributed by atoms with Crippen LogP contribution in [0.5, 0.6) is 0 Å². The number of hydrogen-bond acceptors (Lipinski definition) is 3. The molecule has 0 atom stereocenters. The first-order valence-electron chi connectivity index (χ1n) is 9.98. The molecular formula is C19H41N3O. The maximum absolute atomic E-state index is 11.5. The summed E-state index contributed by atoms with van der Waals surface area (Å²) < 4.78 is 0. The first-order chi connectivity index (χ1) is 11.3. The lowest BCUT2D eigenvalue weighted by Crippen LogP contribution is -2.30. The first-order valence-corrected chi connectivity index (χ1v) is 9.98. The summed E-state index contributed by atoms with van der Waals surface area (Å²) in [6, 6.07) is 0. The average molecular weight is 328 g/mol. The second-order valence-corrected chi connectivity index (χ2v) is 6.53. The Labute approximate surface area is 144 Å². The molecule has 23 heavy (non-hydrogen) atoms. The molecular weight excluding hydrogens is 286 g/mol. The van der Waals surface area contributed by atoms with Crippen molar-refractivity contribution in [3.05, 3.63) is 0 Å². The van der Waals surface area contributed by atoms with Gasteiger partial charge in [-0.15, -0.1) is 0 Å². The molecule has 1 amide bonds. The number of nitrogens with one attached hydrogen (secondary N) is 2. The Hall–Kier alpha value is -0.610. The van der Waals surface area contributed by atoms with Gasteiger partial charge in [0.15, 0.2) is 0 Å². The Morgan fingerprint density at radius 2 is 1.26 bits per heavy atom. The molecule has 0 saturated heterocycles. The Bertz CT molecular complexity index is 247. The van der Waals surface area contributed by atoms with Crippen LogP contribution < -0.4 is 16.4 Å². The molecule has 138 valence electrons. The standard InChI is InChI=1S/C19H41N3O/c1-2-3-4-5-6-7-8-9-10-11-12-13-16-22-19(23)14-17-21-18-15-20/h21H,2-18,20H2,1H3,(H,22,23). The van der Waals surface area contributed by atoms with Crippen LogP contribution >= 0.6 is 0 Å². The molecule has 0 unspecified atom stereocenters. The van der Waals surface area contributed by atoms with Gasteiger partial charge in [-0.1, -0.05) is 77.6 Å². The second kappa shape index (κ2) is 19.4. The average Bonchev–Trinajstić information content (AvgIpc) is 2.56. The van der Waals surface area contributed by atoms with Crippen LogP contribution in [0.2, 0.25) is 0 Å². The van der Waals surface area contributed by atoms with Crippen LogP contribution in [-0.4, -0.2) is 32.1 Å².